The van der Waals surface area contributed by atoms with Gasteiger partial charge < -0.3 is 13.9 Å². The van der Waals surface area contributed by atoms with Crippen LogP contribution in [0.15, 0.2) is 88.1 Å². The van der Waals surface area contributed by atoms with Crippen molar-refractivity contribution in [1.29, 1.82) is 0 Å². The first kappa shape index (κ1) is 17.5. The third kappa shape index (κ3) is 3.50. The predicted molar refractivity (Wildman–Crippen MR) is 106 cm³/mol. The van der Waals surface area contributed by atoms with Gasteiger partial charge in [0.15, 0.2) is 0 Å². The normalized spacial score (nSPS) is 10.6. The molecule has 1 aromatic heterocycles. The molecule has 138 valence electrons. The van der Waals surface area contributed by atoms with Crippen molar-refractivity contribution >= 4 is 16.9 Å². The van der Waals surface area contributed by atoms with E-state index in [0.29, 0.717) is 28.2 Å². The smallest absolute Gasteiger partial charge is 0.344 e. The predicted octanol–water partition coefficient (Wildman–Crippen LogP) is 4.69. The van der Waals surface area contributed by atoms with Gasteiger partial charge >= 0.3 is 11.6 Å². The van der Waals surface area contributed by atoms with Crippen LogP contribution >= 0.6 is 0 Å². The topological polar surface area (TPSA) is 65.7 Å². The molecule has 0 saturated heterocycles. The van der Waals surface area contributed by atoms with Gasteiger partial charge in [0.25, 0.3) is 0 Å². The van der Waals surface area contributed by atoms with Gasteiger partial charge in [-0.15, -0.1) is 0 Å². The Bertz CT molecular complexity index is 1190. The van der Waals surface area contributed by atoms with E-state index in [-0.39, 0.29) is 0 Å². The zero-order valence-corrected chi connectivity index (χ0v) is 15.0. The second-order valence-electron chi connectivity index (χ2n) is 6.13. The standard InChI is InChI=1S/C23H16O5/c1-26-18-10-7-16(8-11-18)22(24)27-19-12-9-17-13-20(15-5-3-2-4-6-15)23(25)28-21(17)14-19/h2-14H,1H3. The van der Waals surface area contributed by atoms with Gasteiger partial charge in [-0.2, -0.15) is 0 Å². The second-order valence-corrected chi connectivity index (χ2v) is 6.13. The molecule has 0 unspecified atom stereocenters. The van der Waals surface area contributed by atoms with Crippen LogP contribution in [0.25, 0.3) is 22.1 Å². The van der Waals surface area contributed by atoms with E-state index in [0.717, 1.165) is 10.9 Å². The number of ether oxygens (including phenoxy) is 2. The summed E-state index contributed by atoms with van der Waals surface area (Å²) >= 11 is 0. The van der Waals surface area contributed by atoms with Crippen molar-refractivity contribution in [2.45, 2.75) is 0 Å². The van der Waals surface area contributed by atoms with Gasteiger partial charge in [-0.05, 0) is 48.0 Å². The number of rotatable bonds is 4. The molecule has 3 aromatic carbocycles. The fourth-order valence-electron chi connectivity index (χ4n) is 2.87. The third-order valence-corrected chi connectivity index (χ3v) is 4.33. The first-order valence-corrected chi connectivity index (χ1v) is 8.63. The molecule has 0 bridgehead atoms. The number of fused-ring (bicyclic) bond motifs is 1. The lowest BCUT2D eigenvalue weighted by atomic mass is 10.1. The summed E-state index contributed by atoms with van der Waals surface area (Å²) in [5, 5.41) is 0.739. The molecule has 0 N–H and O–H groups in total. The Kier molecular flexibility index (Phi) is 4.64. The molecular formula is C23H16O5. The monoisotopic (exact) mass is 372 g/mol. The minimum atomic E-state index is -0.509. The van der Waals surface area contributed by atoms with Gasteiger partial charge in [0.1, 0.15) is 17.1 Å². The highest BCUT2D eigenvalue weighted by molar-refractivity contribution is 5.92. The fraction of sp³-hybridized carbons (Fsp3) is 0.0435. The van der Waals surface area contributed by atoms with E-state index in [1.54, 1.807) is 49.6 Å². The summed E-state index contributed by atoms with van der Waals surface area (Å²) < 4.78 is 15.9. The summed E-state index contributed by atoms with van der Waals surface area (Å²) in [4.78, 5) is 24.7. The SMILES string of the molecule is COc1ccc(C(=O)Oc2ccc3cc(-c4ccccc4)c(=O)oc3c2)cc1. The summed E-state index contributed by atoms with van der Waals surface area (Å²) in [6.45, 7) is 0. The third-order valence-electron chi connectivity index (χ3n) is 4.33. The van der Waals surface area contributed by atoms with Gasteiger partial charge in [-0.1, -0.05) is 30.3 Å². The number of carbonyl (C=O) groups excluding carboxylic acids is 1. The van der Waals surface area contributed by atoms with Crippen LogP contribution < -0.4 is 15.1 Å². The van der Waals surface area contributed by atoms with Crippen molar-refractivity contribution in [3.8, 4) is 22.6 Å². The highest BCUT2D eigenvalue weighted by Crippen LogP contribution is 2.25. The number of methoxy groups -OCH3 is 1. The molecule has 0 aliphatic rings. The highest BCUT2D eigenvalue weighted by atomic mass is 16.5. The van der Waals surface area contributed by atoms with Crippen LogP contribution in [-0.2, 0) is 0 Å². The zero-order valence-electron chi connectivity index (χ0n) is 15.0. The molecule has 0 atom stereocenters. The minimum Gasteiger partial charge on any atom is -0.497 e. The molecular weight excluding hydrogens is 356 g/mol. The number of hydrogen-bond donors (Lipinski definition) is 0. The lowest BCUT2D eigenvalue weighted by Gasteiger charge is -2.07. The van der Waals surface area contributed by atoms with Gasteiger partial charge in [0.2, 0.25) is 0 Å². The molecule has 0 fully saturated rings. The maximum absolute atomic E-state index is 12.4. The molecule has 5 nitrogen and oxygen atoms in total. The second kappa shape index (κ2) is 7.40. The Labute approximate surface area is 160 Å². The molecule has 0 radical (unpaired) electrons. The molecule has 0 spiro atoms. The summed E-state index contributed by atoms with van der Waals surface area (Å²) in [6.07, 6.45) is 0. The highest BCUT2D eigenvalue weighted by Gasteiger charge is 2.12. The number of benzene rings is 3. The van der Waals surface area contributed by atoms with Crippen molar-refractivity contribution in [2.24, 2.45) is 0 Å². The summed E-state index contributed by atoms with van der Waals surface area (Å²) in [7, 11) is 1.55. The lowest BCUT2D eigenvalue weighted by molar-refractivity contribution is 0.0735. The largest absolute Gasteiger partial charge is 0.497 e. The van der Waals surface area contributed by atoms with E-state index in [4.69, 9.17) is 13.9 Å². The molecule has 28 heavy (non-hydrogen) atoms. The van der Waals surface area contributed by atoms with Crippen LogP contribution in [0, 0.1) is 0 Å². The average molecular weight is 372 g/mol. The Balaban J connectivity index is 1.62. The maximum Gasteiger partial charge on any atom is 0.344 e. The Morgan fingerprint density at radius 3 is 2.29 bits per heavy atom. The molecule has 0 saturated carbocycles. The molecule has 4 rings (SSSR count). The number of esters is 1. The number of hydrogen-bond acceptors (Lipinski definition) is 5. The fourth-order valence-corrected chi connectivity index (χ4v) is 2.87. The maximum atomic E-state index is 12.4. The van der Waals surface area contributed by atoms with Crippen LogP contribution in [0.5, 0.6) is 11.5 Å². The average Bonchev–Trinajstić information content (AvgIpc) is 2.74. The van der Waals surface area contributed by atoms with E-state index in [1.807, 2.05) is 30.3 Å². The minimum absolute atomic E-state index is 0.295. The van der Waals surface area contributed by atoms with Crippen LogP contribution in [-0.4, -0.2) is 13.1 Å². The molecule has 0 aliphatic heterocycles. The van der Waals surface area contributed by atoms with Crippen molar-refractivity contribution in [1.82, 2.24) is 0 Å². The molecule has 1 heterocycles. The van der Waals surface area contributed by atoms with Gasteiger partial charge in [0, 0.05) is 11.5 Å². The van der Waals surface area contributed by atoms with E-state index in [9.17, 15) is 9.59 Å². The molecule has 4 aromatic rings. The van der Waals surface area contributed by atoms with Gasteiger partial charge in [0.05, 0.1) is 18.2 Å². The Morgan fingerprint density at radius 1 is 0.857 bits per heavy atom. The quantitative estimate of drug-likeness (QED) is 0.295. The van der Waals surface area contributed by atoms with Crippen molar-refractivity contribution in [3.05, 3.63) is 94.8 Å². The van der Waals surface area contributed by atoms with Crippen molar-refractivity contribution < 1.29 is 18.7 Å². The Hall–Kier alpha value is -3.86. The number of carbonyl (C=O) groups is 1. The van der Waals surface area contributed by atoms with E-state index in [1.165, 1.54) is 6.07 Å². The zero-order chi connectivity index (χ0) is 19.5. The van der Waals surface area contributed by atoms with Crippen molar-refractivity contribution in [2.75, 3.05) is 7.11 Å². The molecule has 0 aliphatic carbocycles. The van der Waals surface area contributed by atoms with Crippen molar-refractivity contribution in [3.63, 3.8) is 0 Å². The van der Waals surface area contributed by atoms with Crippen LogP contribution in [0.1, 0.15) is 10.4 Å². The van der Waals surface area contributed by atoms with Crippen LogP contribution in [0.3, 0.4) is 0 Å². The summed E-state index contributed by atoms with van der Waals surface area (Å²) in [5.74, 6) is 0.437. The Morgan fingerprint density at radius 2 is 1.57 bits per heavy atom. The van der Waals surface area contributed by atoms with Gasteiger partial charge in [-0.3, -0.25) is 0 Å². The van der Waals surface area contributed by atoms with E-state index in [2.05, 4.69) is 0 Å². The lowest BCUT2D eigenvalue weighted by Crippen LogP contribution is -2.08. The van der Waals surface area contributed by atoms with Gasteiger partial charge in [-0.25, -0.2) is 9.59 Å². The first-order chi connectivity index (χ1) is 13.6. The first-order valence-electron chi connectivity index (χ1n) is 8.63. The van der Waals surface area contributed by atoms with E-state index < -0.39 is 11.6 Å². The molecule has 5 heteroatoms. The van der Waals surface area contributed by atoms with Crippen LogP contribution in [0.2, 0.25) is 0 Å². The summed E-state index contributed by atoms with van der Waals surface area (Å²) in [6, 6.07) is 22.6. The molecule has 0 amide bonds. The summed E-state index contributed by atoms with van der Waals surface area (Å²) in [5.41, 5.74) is 1.56. The van der Waals surface area contributed by atoms with Crippen LogP contribution in [0.4, 0.5) is 0 Å². The van der Waals surface area contributed by atoms with E-state index >= 15 is 0 Å².